The van der Waals surface area contributed by atoms with Gasteiger partial charge in [-0.3, -0.25) is 4.79 Å². The van der Waals surface area contributed by atoms with Crippen LogP contribution in [0.4, 0.5) is 16.2 Å². The number of carbonyl (C=O) groups is 1. The number of aromatic nitrogens is 2. The van der Waals surface area contributed by atoms with E-state index in [9.17, 15) is 17.6 Å². The van der Waals surface area contributed by atoms with Gasteiger partial charge in [-0.25, -0.2) is 22.1 Å². The monoisotopic (exact) mass is 451 g/mol. The third-order valence-electron chi connectivity index (χ3n) is 4.79. The lowest BCUT2D eigenvalue weighted by Gasteiger charge is -2.32. The molecule has 1 aliphatic rings. The topological polar surface area (TPSA) is 128 Å². The summed E-state index contributed by atoms with van der Waals surface area (Å²) in [6.45, 7) is 4.90. The number of nitrogens with zero attached hydrogens (tertiary/aromatic N) is 3. The molecule has 0 radical (unpaired) electrons. The molecule has 0 aliphatic carbocycles. The highest BCUT2D eigenvalue weighted by Gasteiger charge is 2.31. The summed E-state index contributed by atoms with van der Waals surface area (Å²) in [5, 5.41) is 3.18. The van der Waals surface area contributed by atoms with Gasteiger partial charge < -0.3 is 15.8 Å². The summed E-state index contributed by atoms with van der Waals surface area (Å²) in [4.78, 5) is 21.3. The first-order valence-electron chi connectivity index (χ1n) is 9.91. The molecule has 3 N–H and O–H groups in total. The van der Waals surface area contributed by atoms with E-state index in [1.807, 2.05) is 0 Å². The van der Waals surface area contributed by atoms with Gasteiger partial charge in [0.05, 0.1) is 29.5 Å². The van der Waals surface area contributed by atoms with Crippen LogP contribution in [0.5, 0.6) is 5.75 Å². The minimum Gasteiger partial charge on any atom is -0.490 e. The highest BCUT2D eigenvalue weighted by Crippen LogP contribution is 2.27. The zero-order valence-corrected chi connectivity index (χ0v) is 18.4. The summed E-state index contributed by atoms with van der Waals surface area (Å²) in [7, 11) is -3.67. The minimum absolute atomic E-state index is 0.0184. The predicted octanol–water partition coefficient (Wildman–Crippen LogP) is 1.73. The van der Waals surface area contributed by atoms with Crippen molar-refractivity contribution in [3.05, 3.63) is 41.3 Å². The number of ketones is 1. The van der Waals surface area contributed by atoms with Crippen molar-refractivity contribution in [2.24, 2.45) is 0 Å². The fraction of sp³-hybridized carbons (Fsp3) is 0.450. The molecule has 1 aromatic heterocycles. The molecular formula is C20H26FN5O4S. The molecule has 3 rings (SSSR count). The van der Waals surface area contributed by atoms with Gasteiger partial charge in [-0.15, -0.1) is 0 Å². The molecule has 2 aromatic rings. The van der Waals surface area contributed by atoms with Crippen LogP contribution >= 0.6 is 0 Å². The van der Waals surface area contributed by atoms with Crippen LogP contribution in [0.25, 0.3) is 0 Å². The van der Waals surface area contributed by atoms with Crippen molar-refractivity contribution in [2.75, 3.05) is 29.4 Å². The number of benzene rings is 1. The number of piperidine rings is 1. The average Bonchev–Trinajstić information content (AvgIpc) is 2.68. The number of nitrogen functional groups attached to an aromatic ring is 1. The van der Waals surface area contributed by atoms with Gasteiger partial charge in [0.15, 0.2) is 0 Å². The highest BCUT2D eigenvalue weighted by molar-refractivity contribution is 7.92. The van der Waals surface area contributed by atoms with Gasteiger partial charge in [0, 0.05) is 6.20 Å². The molecule has 1 saturated heterocycles. The van der Waals surface area contributed by atoms with E-state index in [1.165, 1.54) is 18.3 Å². The zero-order chi connectivity index (χ0) is 22.8. The maximum absolute atomic E-state index is 13.8. The molecule has 0 unspecified atom stereocenters. The largest absolute Gasteiger partial charge is 0.490 e. The zero-order valence-electron chi connectivity index (χ0n) is 17.6. The number of rotatable bonds is 7. The molecule has 0 saturated carbocycles. The molecule has 2 heterocycles. The Morgan fingerprint density at radius 2 is 1.97 bits per heavy atom. The van der Waals surface area contributed by atoms with Crippen LogP contribution in [0.2, 0.25) is 0 Å². The number of anilines is 2. The molecule has 0 bridgehead atoms. The van der Waals surface area contributed by atoms with E-state index in [-0.39, 0.29) is 40.8 Å². The van der Waals surface area contributed by atoms with Gasteiger partial charge in [0.1, 0.15) is 17.4 Å². The van der Waals surface area contributed by atoms with E-state index >= 15 is 0 Å². The molecule has 9 nitrogen and oxygen atoms in total. The minimum atomic E-state index is -3.67. The van der Waals surface area contributed by atoms with Crippen LogP contribution in [0.15, 0.2) is 24.4 Å². The van der Waals surface area contributed by atoms with Crippen molar-refractivity contribution in [3.8, 4) is 5.75 Å². The van der Waals surface area contributed by atoms with E-state index < -0.39 is 21.6 Å². The van der Waals surface area contributed by atoms with Crippen molar-refractivity contribution < 1.29 is 22.3 Å². The first-order chi connectivity index (χ1) is 14.6. The third-order valence-corrected chi connectivity index (χ3v) is 5.97. The second-order valence-electron chi connectivity index (χ2n) is 7.65. The SMILES string of the molecule is CC(C)Oc1ccc(F)cc1C(=O)c1cnc(N(C2CCNCC2)S(C)(=O)=O)nc1N. The van der Waals surface area contributed by atoms with Crippen LogP contribution in [0.3, 0.4) is 0 Å². The lowest BCUT2D eigenvalue weighted by molar-refractivity contribution is 0.103. The molecule has 11 heteroatoms. The van der Waals surface area contributed by atoms with E-state index in [4.69, 9.17) is 10.5 Å². The summed E-state index contributed by atoms with van der Waals surface area (Å²) >= 11 is 0. The van der Waals surface area contributed by atoms with Crippen molar-refractivity contribution in [3.63, 3.8) is 0 Å². The standard InChI is InChI=1S/C20H26FN5O4S/c1-12(2)30-17-5-4-13(21)10-15(17)18(27)16-11-24-20(25-19(16)22)26(31(3,28)29)14-6-8-23-9-7-14/h4-5,10-12,14,23H,6-9H2,1-3H3,(H2,22,24,25). The van der Waals surface area contributed by atoms with Crippen LogP contribution in [0.1, 0.15) is 42.6 Å². The lowest BCUT2D eigenvalue weighted by atomic mass is 10.0. The van der Waals surface area contributed by atoms with Crippen molar-refractivity contribution in [1.29, 1.82) is 0 Å². The van der Waals surface area contributed by atoms with Crippen LogP contribution < -0.4 is 20.1 Å². The van der Waals surface area contributed by atoms with Gasteiger partial charge in [0.2, 0.25) is 21.8 Å². The average molecular weight is 452 g/mol. The van der Waals surface area contributed by atoms with E-state index in [0.29, 0.717) is 25.9 Å². The first kappa shape index (κ1) is 22.9. The number of halogens is 1. The Morgan fingerprint density at radius 3 is 2.55 bits per heavy atom. The quantitative estimate of drug-likeness (QED) is 0.610. The second kappa shape index (κ2) is 9.15. The molecule has 168 valence electrons. The summed E-state index contributed by atoms with van der Waals surface area (Å²) in [6.07, 6.45) is 3.20. The van der Waals surface area contributed by atoms with Gasteiger partial charge in [-0.05, 0) is 58.0 Å². The molecular weight excluding hydrogens is 425 g/mol. The number of hydrogen-bond donors (Lipinski definition) is 2. The Kier molecular flexibility index (Phi) is 6.75. The molecule has 1 fully saturated rings. The normalized spacial score (nSPS) is 15.1. The van der Waals surface area contributed by atoms with Crippen LogP contribution in [-0.2, 0) is 10.0 Å². The number of carbonyl (C=O) groups excluding carboxylic acids is 1. The van der Waals surface area contributed by atoms with Crippen LogP contribution in [0, 0.1) is 5.82 Å². The lowest BCUT2D eigenvalue weighted by Crippen LogP contribution is -2.46. The summed E-state index contributed by atoms with van der Waals surface area (Å²) in [5.74, 6) is -1.31. The third kappa shape index (κ3) is 5.28. The van der Waals surface area contributed by atoms with E-state index in [0.717, 1.165) is 16.6 Å². The Bertz CT molecular complexity index is 1070. The van der Waals surface area contributed by atoms with Crippen molar-refractivity contribution >= 4 is 27.6 Å². The molecule has 1 aliphatic heterocycles. The fourth-order valence-corrected chi connectivity index (χ4v) is 4.61. The number of ether oxygens (including phenoxy) is 1. The van der Waals surface area contributed by atoms with E-state index in [2.05, 4.69) is 15.3 Å². The van der Waals surface area contributed by atoms with Gasteiger partial charge in [0.25, 0.3) is 0 Å². The maximum atomic E-state index is 13.8. The highest BCUT2D eigenvalue weighted by atomic mass is 32.2. The molecule has 1 aromatic carbocycles. The Hall–Kier alpha value is -2.79. The first-order valence-corrected chi connectivity index (χ1v) is 11.8. The van der Waals surface area contributed by atoms with E-state index in [1.54, 1.807) is 13.8 Å². The maximum Gasteiger partial charge on any atom is 0.241 e. The Balaban J connectivity index is 1.98. The number of sulfonamides is 1. The smallest absolute Gasteiger partial charge is 0.241 e. The fourth-order valence-electron chi connectivity index (χ4n) is 3.47. The van der Waals surface area contributed by atoms with Gasteiger partial charge in [-0.1, -0.05) is 0 Å². The predicted molar refractivity (Wildman–Crippen MR) is 115 cm³/mol. The number of nitrogens with one attached hydrogen (secondary N) is 1. The van der Waals surface area contributed by atoms with Crippen molar-refractivity contribution in [1.82, 2.24) is 15.3 Å². The van der Waals surface area contributed by atoms with Gasteiger partial charge in [-0.2, -0.15) is 4.98 Å². The molecule has 0 atom stereocenters. The second-order valence-corrected chi connectivity index (χ2v) is 9.50. The van der Waals surface area contributed by atoms with Crippen LogP contribution in [-0.4, -0.2) is 55.7 Å². The molecule has 0 amide bonds. The number of nitrogens with two attached hydrogens (primary N) is 1. The summed E-state index contributed by atoms with van der Waals surface area (Å²) in [5.41, 5.74) is 5.93. The Labute approximate surface area is 180 Å². The van der Waals surface area contributed by atoms with Crippen molar-refractivity contribution in [2.45, 2.75) is 38.8 Å². The van der Waals surface area contributed by atoms with Gasteiger partial charge >= 0.3 is 0 Å². The molecule has 0 spiro atoms. The number of hydrogen-bond acceptors (Lipinski definition) is 8. The molecule has 31 heavy (non-hydrogen) atoms. The summed E-state index contributed by atoms with van der Waals surface area (Å²) in [6, 6.07) is 3.31. The Morgan fingerprint density at radius 1 is 1.29 bits per heavy atom. The summed E-state index contributed by atoms with van der Waals surface area (Å²) < 4.78 is 45.4.